The molecule has 0 bridgehead atoms. The number of aryl methyl sites for hydroxylation is 2. The van der Waals surface area contributed by atoms with E-state index in [-0.39, 0.29) is 11.8 Å². The lowest BCUT2D eigenvalue weighted by molar-refractivity contribution is -0.121. The van der Waals surface area contributed by atoms with Crippen LogP contribution in [0, 0.1) is 19.8 Å². The second-order valence-corrected chi connectivity index (χ2v) is 5.23. The third-order valence-corrected chi connectivity index (χ3v) is 3.61. The van der Waals surface area contributed by atoms with Crippen LogP contribution in [0.15, 0.2) is 6.07 Å². The molecule has 0 aromatic carbocycles. The second-order valence-electron chi connectivity index (χ2n) is 3.89. The highest BCUT2D eigenvalue weighted by Crippen LogP contribution is 2.20. The number of hydrogen-bond acceptors (Lipinski definition) is 3. The van der Waals surface area contributed by atoms with Gasteiger partial charge >= 0.3 is 0 Å². The molecule has 84 valence electrons. The summed E-state index contributed by atoms with van der Waals surface area (Å²) in [5, 5.41) is 3.23. The Labute approximate surface area is 94.7 Å². The van der Waals surface area contributed by atoms with Gasteiger partial charge in [0.15, 0.2) is 0 Å². The lowest BCUT2D eigenvalue weighted by Gasteiger charge is -2.07. The van der Waals surface area contributed by atoms with Gasteiger partial charge in [0.2, 0.25) is 5.91 Å². The Morgan fingerprint density at radius 3 is 2.73 bits per heavy atom. The highest BCUT2D eigenvalue weighted by Gasteiger charge is 2.08. The van der Waals surface area contributed by atoms with Crippen molar-refractivity contribution in [2.75, 3.05) is 6.54 Å². The van der Waals surface area contributed by atoms with Gasteiger partial charge in [0.1, 0.15) is 0 Å². The molecule has 0 spiro atoms. The summed E-state index contributed by atoms with van der Waals surface area (Å²) in [4.78, 5) is 13.4. The lowest BCUT2D eigenvalue weighted by atomic mass is 10.2. The van der Waals surface area contributed by atoms with Crippen LogP contribution in [0.1, 0.15) is 22.2 Å². The number of nitrogens with two attached hydrogens (primary N) is 1. The Kier molecular flexibility index (Phi) is 4.29. The van der Waals surface area contributed by atoms with Crippen LogP contribution in [-0.2, 0) is 11.3 Å². The van der Waals surface area contributed by atoms with Crippen LogP contribution in [0.5, 0.6) is 0 Å². The third-order valence-electron chi connectivity index (χ3n) is 2.45. The van der Waals surface area contributed by atoms with Gasteiger partial charge < -0.3 is 11.1 Å². The van der Waals surface area contributed by atoms with Gasteiger partial charge in [-0.1, -0.05) is 6.92 Å². The van der Waals surface area contributed by atoms with Gasteiger partial charge in [0.05, 0.1) is 0 Å². The maximum absolute atomic E-state index is 10.8. The minimum Gasteiger partial charge on any atom is -0.369 e. The first-order valence-corrected chi connectivity index (χ1v) is 5.88. The van der Waals surface area contributed by atoms with E-state index in [1.807, 2.05) is 6.92 Å². The second kappa shape index (κ2) is 5.28. The zero-order valence-electron chi connectivity index (χ0n) is 9.46. The van der Waals surface area contributed by atoms with Crippen LogP contribution in [0.4, 0.5) is 0 Å². The van der Waals surface area contributed by atoms with Gasteiger partial charge in [-0.25, -0.2) is 0 Å². The van der Waals surface area contributed by atoms with E-state index in [4.69, 9.17) is 5.73 Å². The minimum atomic E-state index is -0.249. The van der Waals surface area contributed by atoms with Crippen LogP contribution in [0.3, 0.4) is 0 Å². The fourth-order valence-electron chi connectivity index (χ4n) is 1.25. The number of thiophene rings is 1. The first kappa shape index (κ1) is 12.2. The minimum absolute atomic E-state index is 0.104. The molecule has 0 saturated heterocycles. The van der Waals surface area contributed by atoms with Crippen molar-refractivity contribution in [1.82, 2.24) is 5.32 Å². The fourth-order valence-corrected chi connectivity index (χ4v) is 2.27. The Morgan fingerprint density at radius 2 is 2.27 bits per heavy atom. The SMILES string of the molecule is Cc1cc(CNCC(C)C(N)=O)sc1C. The molecule has 1 atom stereocenters. The molecule has 0 aliphatic rings. The van der Waals surface area contributed by atoms with Crippen LogP contribution in [0.25, 0.3) is 0 Å². The molecule has 1 heterocycles. The number of amides is 1. The Bertz CT molecular complexity index is 327. The molecule has 15 heavy (non-hydrogen) atoms. The van der Waals surface area contributed by atoms with E-state index in [0.29, 0.717) is 6.54 Å². The highest BCUT2D eigenvalue weighted by molar-refractivity contribution is 7.12. The molecule has 0 radical (unpaired) electrons. The topological polar surface area (TPSA) is 55.1 Å². The summed E-state index contributed by atoms with van der Waals surface area (Å²) in [6.45, 7) is 7.53. The van der Waals surface area contributed by atoms with Crippen LogP contribution < -0.4 is 11.1 Å². The van der Waals surface area contributed by atoms with E-state index >= 15 is 0 Å². The van der Waals surface area contributed by atoms with Crippen LogP contribution in [-0.4, -0.2) is 12.5 Å². The predicted octanol–water partition coefficient (Wildman–Crippen LogP) is 1.58. The van der Waals surface area contributed by atoms with Crippen molar-refractivity contribution in [3.63, 3.8) is 0 Å². The number of primary amides is 1. The molecule has 0 aliphatic carbocycles. The smallest absolute Gasteiger partial charge is 0.221 e. The average molecular weight is 226 g/mol. The molecule has 1 aromatic heterocycles. The summed E-state index contributed by atoms with van der Waals surface area (Å²) < 4.78 is 0. The van der Waals surface area contributed by atoms with Crippen molar-refractivity contribution in [2.24, 2.45) is 11.7 Å². The third kappa shape index (κ3) is 3.64. The number of carbonyl (C=O) groups excluding carboxylic acids is 1. The average Bonchev–Trinajstić information content (AvgIpc) is 2.46. The molecule has 1 amide bonds. The van der Waals surface area contributed by atoms with E-state index in [1.54, 1.807) is 11.3 Å². The fraction of sp³-hybridized carbons (Fsp3) is 0.545. The van der Waals surface area contributed by atoms with Crippen molar-refractivity contribution < 1.29 is 4.79 Å². The van der Waals surface area contributed by atoms with Crippen molar-refractivity contribution in [1.29, 1.82) is 0 Å². The van der Waals surface area contributed by atoms with Crippen LogP contribution >= 0.6 is 11.3 Å². The molecule has 0 aliphatic heterocycles. The number of hydrogen-bond donors (Lipinski definition) is 2. The molecule has 3 nitrogen and oxygen atoms in total. The van der Waals surface area contributed by atoms with E-state index in [2.05, 4.69) is 25.2 Å². The quantitative estimate of drug-likeness (QED) is 0.801. The van der Waals surface area contributed by atoms with Gasteiger partial charge in [0, 0.05) is 28.8 Å². The maximum atomic E-state index is 10.8. The first-order valence-electron chi connectivity index (χ1n) is 5.06. The molecular formula is C11H18N2OS. The number of carbonyl (C=O) groups is 1. The van der Waals surface area contributed by atoms with Gasteiger partial charge in [0.25, 0.3) is 0 Å². The summed E-state index contributed by atoms with van der Waals surface area (Å²) in [6.07, 6.45) is 0. The largest absolute Gasteiger partial charge is 0.369 e. The van der Waals surface area contributed by atoms with Crippen LogP contribution in [0.2, 0.25) is 0 Å². The first-order chi connectivity index (χ1) is 7.00. The normalized spacial score (nSPS) is 12.7. The molecule has 0 saturated carbocycles. The molecular weight excluding hydrogens is 208 g/mol. The molecule has 0 fully saturated rings. The van der Waals surface area contributed by atoms with Crippen molar-refractivity contribution in [2.45, 2.75) is 27.3 Å². The molecule has 1 aromatic rings. The lowest BCUT2D eigenvalue weighted by Crippen LogP contribution is -2.30. The van der Waals surface area contributed by atoms with Crippen molar-refractivity contribution >= 4 is 17.2 Å². The summed E-state index contributed by atoms with van der Waals surface area (Å²) in [5.41, 5.74) is 6.50. The van der Waals surface area contributed by atoms with E-state index < -0.39 is 0 Å². The molecule has 1 rings (SSSR count). The molecule has 3 N–H and O–H groups in total. The molecule has 4 heteroatoms. The number of rotatable bonds is 5. The zero-order valence-corrected chi connectivity index (χ0v) is 10.3. The van der Waals surface area contributed by atoms with E-state index in [1.165, 1.54) is 15.3 Å². The summed E-state index contributed by atoms with van der Waals surface area (Å²) in [6, 6.07) is 2.18. The highest BCUT2D eigenvalue weighted by atomic mass is 32.1. The summed E-state index contributed by atoms with van der Waals surface area (Å²) in [7, 11) is 0. The van der Waals surface area contributed by atoms with E-state index in [0.717, 1.165) is 6.54 Å². The summed E-state index contributed by atoms with van der Waals surface area (Å²) >= 11 is 1.80. The van der Waals surface area contributed by atoms with Gasteiger partial charge in [-0.15, -0.1) is 11.3 Å². The number of nitrogens with one attached hydrogen (secondary N) is 1. The Balaban J connectivity index is 2.35. The predicted molar refractivity (Wildman–Crippen MR) is 63.9 cm³/mol. The van der Waals surface area contributed by atoms with Gasteiger partial charge in [-0.05, 0) is 25.5 Å². The van der Waals surface area contributed by atoms with E-state index in [9.17, 15) is 4.79 Å². The standard InChI is InChI=1S/C11H18N2OS/c1-7-4-10(15-9(7)3)6-13-5-8(2)11(12)14/h4,8,13H,5-6H2,1-3H3,(H2,12,14). The Hall–Kier alpha value is -0.870. The monoisotopic (exact) mass is 226 g/mol. The van der Waals surface area contributed by atoms with Gasteiger partial charge in [-0.3, -0.25) is 4.79 Å². The van der Waals surface area contributed by atoms with Crippen molar-refractivity contribution in [3.8, 4) is 0 Å². The van der Waals surface area contributed by atoms with Crippen molar-refractivity contribution in [3.05, 3.63) is 21.4 Å². The maximum Gasteiger partial charge on any atom is 0.221 e. The Morgan fingerprint density at radius 1 is 1.60 bits per heavy atom. The summed E-state index contributed by atoms with van der Waals surface area (Å²) in [5.74, 6) is -0.354. The van der Waals surface area contributed by atoms with Gasteiger partial charge in [-0.2, -0.15) is 0 Å². The molecule has 1 unspecified atom stereocenters. The zero-order chi connectivity index (χ0) is 11.4.